The first-order chi connectivity index (χ1) is 8.70. The maximum atomic E-state index is 6.17. The summed E-state index contributed by atoms with van der Waals surface area (Å²) in [7, 11) is 2.10. The van der Waals surface area contributed by atoms with Crippen molar-refractivity contribution in [2.24, 2.45) is 5.84 Å². The molecule has 1 aliphatic rings. The summed E-state index contributed by atoms with van der Waals surface area (Å²) in [5.74, 6) is 5.66. The molecule has 0 amide bonds. The molecule has 2 rings (SSSR count). The van der Waals surface area contributed by atoms with Crippen molar-refractivity contribution in [1.29, 1.82) is 0 Å². The smallest absolute Gasteiger partial charge is 0.0871 e. The second-order valence-corrected chi connectivity index (χ2v) is 5.15. The maximum Gasteiger partial charge on any atom is 0.0871 e. The van der Waals surface area contributed by atoms with Gasteiger partial charge in [0.25, 0.3) is 0 Å². The molecular formula is C13H20ClN3O. The highest BCUT2D eigenvalue weighted by atomic mass is 35.5. The number of morpholine rings is 1. The van der Waals surface area contributed by atoms with Crippen molar-refractivity contribution < 1.29 is 4.74 Å². The monoisotopic (exact) mass is 269 g/mol. The van der Waals surface area contributed by atoms with Gasteiger partial charge in [-0.25, -0.2) is 0 Å². The van der Waals surface area contributed by atoms with Crippen LogP contribution in [0.25, 0.3) is 0 Å². The van der Waals surface area contributed by atoms with Crippen LogP contribution in [0.5, 0.6) is 0 Å². The minimum Gasteiger partial charge on any atom is -0.374 e. The van der Waals surface area contributed by atoms with E-state index in [2.05, 4.69) is 17.4 Å². The Balaban J connectivity index is 2.03. The molecule has 2 unspecified atom stereocenters. The van der Waals surface area contributed by atoms with Crippen LogP contribution >= 0.6 is 11.6 Å². The zero-order valence-corrected chi connectivity index (χ0v) is 11.4. The van der Waals surface area contributed by atoms with Crippen molar-refractivity contribution in [2.75, 3.05) is 26.7 Å². The van der Waals surface area contributed by atoms with Crippen molar-refractivity contribution >= 4 is 11.6 Å². The molecule has 1 aromatic carbocycles. The number of hydrogen-bond donors (Lipinski definition) is 2. The molecule has 1 heterocycles. The zero-order chi connectivity index (χ0) is 13.0. The average Bonchev–Trinajstić information content (AvgIpc) is 2.38. The van der Waals surface area contributed by atoms with Gasteiger partial charge < -0.3 is 9.64 Å². The van der Waals surface area contributed by atoms with E-state index in [1.54, 1.807) is 0 Å². The maximum absolute atomic E-state index is 6.17. The average molecular weight is 270 g/mol. The highest BCUT2D eigenvalue weighted by Crippen LogP contribution is 2.19. The second-order valence-electron chi connectivity index (χ2n) is 4.74. The van der Waals surface area contributed by atoms with Gasteiger partial charge in [0.2, 0.25) is 0 Å². The molecule has 3 N–H and O–H groups in total. The van der Waals surface area contributed by atoms with Gasteiger partial charge >= 0.3 is 0 Å². The Morgan fingerprint density at radius 2 is 2.33 bits per heavy atom. The van der Waals surface area contributed by atoms with E-state index in [-0.39, 0.29) is 12.1 Å². The number of nitrogens with one attached hydrogen (secondary N) is 1. The molecule has 0 aromatic heterocycles. The van der Waals surface area contributed by atoms with Crippen LogP contribution in [0.4, 0.5) is 0 Å². The minimum absolute atomic E-state index is 0.0765. The van der Waals surface area contributed by atoms with Gasteiger partial charge in [-0.15, -0.1) is 0 Å². The van der Waals surface area contributed by atoms with E-state index in [1.165, 1.54) is 0 Å². The van der Waals surface area contributed by atoms with Crippen LogP contribution in [0.15, 0.2) is 24.3 Å². The van der Waals surface area contributed by atoms with E-state index in [0.717, 1.165) is 36.7 Å². The summed E-state index contributed by atoms with van der Waals surface area (Å²) in [6.07, 6.45) is 0.874. The molecule has 0 spiro atoms. The van der Waals surface area contributed by atoms with Crippen LogP contribution in [0.2, 0.25) is 5.02 Å². The molecule has 0 saturated carbocycles. The summed E-state index contributed by atoms with van der Waals surface area (Å²) in [5.41, 5.74) is 3.95. The fourth-order valence-corrected chi connectivity index (χ4v) is 2.47. The van der Waals surface area contributed by atoms with E-state index in [9.17, 15) is 0 Å². The van der Waals surface area contributed by atoms with Crippen LogP contribution in [-0.4, -0.2) is 43.8 Å². The number of halogens is 1. The predicted octanol–water partition coefficient (Wildman–Crippen LogP) is 1.04. The summed E-state index contributed by atoms with van der Waals surface area (Å²) in [4.78, 5) is 2.26. The third kappa shape index (κ3) is 3.43. The third-order valence-electron chi connectivity index (χ3n) is 3.36. The highest BCUT2D eigenvalue weighted by Gasteiger charge is 2.26. The van der Waals surface area contributed by atoms with E-state index in [0.29, 0.717) is 0 Å². The molecule has 1 aliphatic heterocycles. The van der Waals surface area contributed by atoms with Crippen molar-refractivity contribution in [3.63, 3.8) is 0 Å². The minimum atomic E-state index is 0.0765. The Kier molecular flexibility index (Phi) is 4.97. The molecule has 4 nitrogen and oxygen atoms in total. The van der Waals surface area contributed by atoms with Gasteiger partial charge in [-0.1, -0.05) is 29.8 Å². The molecule has 1 aromatic rings. The van der Waals surface area contributed by atoms with Crippen molar-refractivity contribution in [3.8, 4) is 0 Å². The molecule has 18 heavy (non-hydrogen) atoms. The Morgan fingerprint density at radius 3 is 3.00 bits per heavy atom. The van der Waals surface area contributed by atoms with Crippen LogP contribution in [0.1, 0.15) is 5.56 Å². The van der Waals surface area contributed by atoms with Crippen LogP contribution < -0.4 is 11.3 Å². The lowest BCUT2D eigenvalue weighted by Crippen LogP contribution is -2.54. The van der Waals surface area contributed by atoms with Gasteiger partial charge in [-0.05, 0) is 25.1 Å². The number of rotatable bonds is 4. The number of hydrazine groups is 1. The normalized spacial score (nSPS) is 22.9. The topological polar surface area (TPSA) is 50.5 Å². The number of nitrogens with two attached hydrogens (primary N) is 1. The lowest BCUT2D eigenvalue weighted by Gasteiger charge is -2.35. The van der Waals surface area contributed by atoms with Gasteiger partial charge in [0.15, 0.2) is 0 Å². The SMILES string of the molecule is CN1CCOC(C(Cc2ccccc2Cl)NN)C1. The highest BCUT2D eigenvalue weighted by molar-refractivity contribution is 6.31. The van der Waals surface area contributed by atoms with Gasteiger partial charge in [0.05, 0.1) is 18.8 Å². The van der Waals surface area contributed by atoms with Gasteiger partial charge in [0, 0.05) is 18.1 Å². The molecule has 1 fully saturated rings. The summed E-state index contributed by atoms with van der Waals surface area (Å²) in [6, 6.07) is 7.93. The van der Waals surface area contributed by atoms with Gasteiger partial charge in [0.1, 0.15) is 0 Å². The van der Waals surface area contributed by atoms with Crippen molar-refractivity contribution in [2.45, 2.75) is 18.6 Å². The molecule has 0 aliphatic carbocycles. The quantitative estimate of drug-likeness (QED) is 0.634. The van der Waals surface area contributed by atoms with Crippen LogP contribution in [0.3, 0.4) is 0 Å². The fraction of sp³-hybridized carbons (Fsp3) is 0.538. The number of nitrogens with zero attached hydrogens (tertiary/aromatic N) is 1. The van der Waals surface area contributed by atoms with E-state index in [4.69, 9.17) is 22.2 Å². The van der Waals surface area contributed by atoms with Crippen molar-refractivity contribution in [1.82, 2.24) is 10.3 Å². The van der Waals surface area contributed by atoms with E-state index >= 15 is 0 Å². The lowest BCUT2D eigenvalue weighted by molar-refractivity contribution is -0.0384. The standard InChI is InChI=1S/C13H20ClN3O/c1-17-6-7-18-13(9-17)12(16-15)8-10-4-2-3-5-11(10)14/h2-5,12-13,16H,6-9,15H2,1H3. The van der Waals surface area contributed by atoms with E-state index < -0.39 is 0 Å². The number of hydrogen-bond acceptors (Lipinski definition) is 4. The second kappa shape index (κ2) is 6.50. The molecule has 2 atom stereocenters. The molecule has 0 radical (unpaired) electrons. The first kappa shape index (κ1) is 13.8. The third-order valence-corrected chi connectivity index (χ3v) is 3.73. The molecular weight excluding hydrogens is 250 g/mol. The zero-order valence-electron chi connectivity index (χ0n) is 10.6. The lowest BCUT2D eigenvalue weighted by atomic mass is 10.0. The van der Waals surface area contributed by atoms with Gasteiger partial charge in [-0.2, -0.15) is 0 Å². The molecule has 1 saturated heterocycles. The molecule has 100 valence electrons. The van der Waals surface area contributed by atoms with Crippen LogP contribution in [-0.2, 0) is 11.2 Å². The number of benzene rings is 1. The number of ether oxygens (including phenoxy) is 1. The molecule has 5 heteroatoms. The Bertz CT molecular complexity index is 388. The van der Waals surface area contributed by atoms with E-state index in [1.807, 2.05) is 24.3 Å². The fourth-order valence-electron chi connectivity index (χ4n) is 2.25. The Labute approximate surface area is 113 Å². The van der Waals surface area contributed by atoms with Gasteiger partial charge in [-0.3, -0.25) is 11.3 Å². The first-order valence-corrected chi connectivity index (χ1v) is 6.58. The summed E-state index contributed by atoms with van der Waals surface area (Å²) in [6.45, 7) is 2.61. The first-order valence-electron chi connectivity index (χ1n) is 6.20. The summed E-state index contributed by atoms with van der Waals surface area (Å²) in [5, 5.41) is 0.780. The largest absolute Gasteiger partial charge is 0.374 e. The summed E-state index contributed by atoms with van der Waals surface area (Å²) >= 11 is 6.17. The number of likely N-dealkylation sites (N-methyl/N-ethyl adjacent to an activating group) is 1. The van der Waals surface area contributed by atoms with Crippen molar-refractivity contribution in [3.05, 3.63) is 34.9 Å². The van der Waals surface area contributed by atoms with Crippen LogP contribution in [0, 0.1) is 0 Å². The Morgan fingerprint density at radius 1 is 1.56 bits per heavy atom. The summed E-state index contributed by atoms with van der Waals surface area (Å²) < 4.78 is 5.79. The molecule has 0 bridgehead atoms. The Hall–Kier alpha value is -0.650. The predicted molar refractivity (Wildman–Crippen MR) is 73.5 cm³/mol.